The van der Waals surface area contributed by atoms with Gasteiger partial charge in [0.15, 0.2) is 0 Å². The average molecular weight is 268 g/mol. The van der Waals surface area contributed by atoms with E-state index in [2.05, 4.69) is 63.1 Å². The molecular formula is C18H24N2. The number of nitrogens with one attached hydrogen (secondary N) is 1. The second-order valence-corrected chi connectivity index (χ2v) is 5.68. The number of pyridine rings is 1. The van der Waals surface area contributed by atoms with Crippen LogP contribution in [0.15, 0.2) is 36.5 Å². The van der Waals surface area contributed by atoms with Gasteiger partial charge in [-0.25, -0.2) is 0 Å². The van der Waals surface area contributed by atoms with Gasteiger partial charge >= 0.3 is 0 Å². The Hall–Kier alpha value is -1.67. The monoisotopic (exact) mass is 268 g/mol. The molecule has 0 aliphatic rings. The number of nitrogens with zero attached hydrogens (tertiary/aromatic N) is 1. The Labute approximate surface area is 122 Å². The highest BCUT2D eigenvalue weighted by atomic mass is 15.0. The largest absolute Gasteiger partial charge is 0.302 e. The van der Waals surface area contributed by atoms with E-state index >= 15 is 0 Å². The van der Waals surface area contributed by atoms with E-state index in [4.69, 9.17) is 0 Å². The van der Waals surface area contributed by atoms with E-state index < -0.39 is 0 Å². The summed E-state index contributed by atoms with van der Waals surface area (Å²) in [6.07, 6.45) is 1.85. The van der Waals surface area contributed by atoms with Crippen molar-refractivity contribution < 1.29 is 0 Å². The molecule has 2 nitrogen and oxygen atoms in total. The zero-order valence-corrected chi connectivity index (χ0v) is 13.1. The molecule has 1 N–H and O–H groups in total. The molecule has 20 heavy (non-hydrogen) atoms. The van der Waals surface area contributed by atoms with E-state index in [0.29, 0.717) is 6.04 Å². The fraction of sp³-hybridized carbons (Fsp3) is 0.389. The van der Waals surface area contributed by atoms with Gasteiger partial charge in [-0.3, -0.25) is 4.98 Å². The number of hydrogen-bond acceptors (Lipinski definition) is 2. The highest BCUT2D eigenvalue weighted by molar-refractivity contribution is 5.39. The minimum atomic E-state index is 0.242. The van der Waals surface area contributed by atoms with Crippen molar-refractivity contribution in [3.63, 3.8) is 0 Å². The highest BCUT2D eigenvalue weighted by Crippen LogP contribution is 2.25. The normalized spacial score (nSPS) is 14.1. The van der Waals surface area contributed by atoms with Crippen molar-refractivity contribution in [3.05, 3.63) is 64.5 Å². The molecule has 2 atom stereocenters. The van der Waals surface area contributed by atoms with Crippen molar-refractivity contribution in [2.45, 2.75) is 46.7 Å². The van der Waals surface area contributed by atoms with Gasteiger partial charge in [0.25, 0.3) is 0 Å². The Kier molecular flexibility index (Phi) is 4.56. The van der Waals surface area contributed by atoms with Gasteiger partial charge < -0.3 is 5.32 Å². The lowest BCUT2D eigenvalue weighted by Crippen LogP contribution is -2.24. The predicted molar refractivity (Wildman–Crippen MR) is 84.9 cm³/mol. The van der Waals surface area contributed by atoms with Crippen LogP contribution in [0.3, 0.4) is 0 Å². The first-order valence-electron chi connectivity index (χ1n) is 7.23. The first-order valence-corrected chi connectivity index (χ1v) is 7.23. The minimum Gasteiger partial charge on any atom is -0.302 e. The van der Waals surface area contributed by atoms with Crippen LogP contribution < -0.4 is 5.32 Å². The third kappa shape index (κ3) is 3.26. The molecule has 0 aliphatic carbocycles. The second kappa shape index (κ2) is 6.19. The van der Waals surface area contributed by atoms with Gasteiger partial charge in [-0.2, -0.15) is 0 Å². The molecule has 106 valence electrons. The van der Waals surface area contributed by atoms with E-state index in [1.807, 2.05) is 18.3 Å². The van der Waals surface area contributed by atoms with Gasteiger partial charge in [-0.1, -0.05) is 23.8 Å². The van der Waals surface area contributed by atoms with Crippen molar-refractivity contribution >= 4 is 0 Å². The van der Waals surface area contributed by atoms with Crippen molar-refractivity contribution in [1.82, 2.24) is 10.3 Å². The summed E-state index contributed by atoms with van der Waals surface area (Å²) >= 11 is 0. The van der Waals surface area contributed by atoms with Crippen LogP contribution in [0, 0.1) is 20.8 Å². The molecule has 0 spiro atoms. The number of hydrogen-bond donors (Lipinski definition) is 1. The van der Waals surface area contributed by atoms with Crippen LogP contribution in [0.4, 0.5) is 0 Å². The van der Waals surface area contributed by atoms with Crippen molar-refractivity contribution in [2.75, 3.05) is 0 Å². The van der Waals surface area contributed by atoms with E-state index in [-0.39, 0.29) is 6.04 Å². The molecule has 2 heteroatoms. The van der Waals surface area contributed by atoms with E-state index in [1.54, 1.807) is 0 Å². The summed E-state index contributed by atoms with van der Waals surface area (Å²) in [6.45, 7) is 10.9. The topological polar surface area (TPSA) is 24.9 Å². The maximum Gasteiger partial charge on any atom is 0.0570 e. The standard InChI is InChI=1S/C18H24N2/c1-12-10-13(2)18(14(3)11-12)16(5)20-15(4)17-8-6-7-9-19-17/h6-11,15-16,20H,1-5H3/t15-,16?/m1/s1. The Morgan fingerprint density at radius 1 is 0.950 bits per heavy atom. The molecule has 0 bridgehead atoms. The van der Waals surface area contributed by atoms with Crippen molar-refractivity contribution in [1.29, 1.82) is 0 Å². The summed E-state index contributed by atoms with van der Waals surface area (Å²) in [4.78, 5) is 4.42. The minimum absolute atomic E-state index is 0.242. The van der Waals surface area contributed by atoms with Crippen LogP contribution in [0.2, 0.25) is 0 Å². The number of aromatic nitrogens is 1. The van der Waals surface area contributed by atoms with Gasteiger partial charge in [0.05, 0.1) is 5.69 Å². The molecule has 1 heterocycles. The second-order valence-electron chi connectivity index (χ2n) is 5.68. The molecule has 0 amide bonds. The summed E-state index contributed by atoms with van der Waals surface area (Å²) < 4.78 is 0. The van der Waals surface area contributed by atoms with Crippen LogP contribution in [-0.2, 0) is 0 Å². The maximum absolute atomic E-state index is 4.42. The summed E-state index contributed by atoms with van der Waals surface area (Å²) in [5, 5.41) is 3.65. The molecule has 1 aromatic carbocycles. The predicted octanol–water partition coefficient (Wildman–Crippen LogP) is 4.42. The van der Waals surface area contributed by atoms with Gasteiger partial charge in [0, 0.05) is 18.3 Å². The first-order chi connectivity index (χ1) is 9.49. The van der Waals surface area contributed by atoms with E-state index in [1.165, 1.54) is 22.3 Å². The van der Waals surface area contributed by atoms with Gasteiger partial charge in [-0.05, 0) is 63.4 Å². The molecule has 0 radical (unpaired) electrons. The molecule has 1 unspecified atom stereocenters. The SMILES string of the molecule is Cc1cc(C)c(C(C)N[C@H](C)c2ccccn2)c(C)c1. The van der Waals surface area contributed by atoms with E-state index in [9.17, 15) is 0 Å². The third-order valence-corrected chi connectivity index (χ3v) is 3.80. The smallest absolute Gasteiger partial charge is 0.0570 e. The summed E-state index contributed by atoms with van der Waals surface area (Å²) in [5.74, 6) is 0. The lowest BCUT2D eigenvalue weighted by atomic mass is 9.94. The summed E-state index contributed by atoms with van der Waals surface area (Å²) in [5.41, 5.74) is 6.53. The van der Waals surface area contributed by atoms with Crippen LogP contribution >= 0.6 is 0 Å². The van der Waals surface area contributed by atoms with Gasteiger partial charge in [-0.15, -0.1) is 0 Å². The Balaban J connectivity index is 2.19. The number of benzene rings is 1. The molecule has 0 aliphatic heterocycles. The molecule has 0 saturated carbocycles. The number of rotatable bonds is 4. The van der Waals surface area contributed by atoms with Crippen LogP contribution in [0.1, 0.15) is 53.9 Å². The Bertz CT molecular complexity index is 552. The lowest BCUT2D eigenvalue weighted by molar-refractivity contribution is 0.483. The van der Waals surface area contributed by atoms with Gasteiger partial charge in [0.1, 0.15) is 0 Å². The first kappa shape index (κ1) is 14.7. The molecule has 0 fully saturated rings. The van der Waals surface area contributed by atoms with E-state index in [0.717, 1.165) is 5.69 Å². The zero-order valence-electron chi connectivity index (χ0n) is 13.1. The maximum atomic E-state index is 4.42. The quantitative estimate of drug-likeness (QED) is 0.888. The van der Waals surface area contributed by atoms with Crippen molar-refractivity contribution in [3.8, 4) is 0 Å². The average Bonchev–Trinajstić information content (AvgIpc) is 2.38. The zero-order chi connectivity index (χ0) is 14.7. The summed E-state index contributed by atoms with van der Waals surface area (Å²) in [7, 11) is 0. The molecular weight excluding hydrogens is 244 g/mol. The van der Waals surface area contributed by atoms with Crippen LogP contribution in [-0.4, -0.2) is 4.98 Å². The summed E-state index contributed by atoms with van der Waals surface area (Å²) in [6, 6.07) is 11.1. The lowest BCUT2D eigenvalue weighted by Gasteiger charge is -2.23. The Morgan fingerprint density at radius 2 is 1.60 bits per heavy atom. The van der Waals surface area contributed by atoms with Gasteiger partial charge in [0.2, 0.25) is 0 Å². The fourth-order valence-electron chi connectivity index (χ4n) is 3.05. The van der Waals surface area contributed by atoms with Crippen LogP contribution in [0.5, 0.6) is 0 Å². The Morgan fingerprint density at radius 3 is 2.15 bits per heavy atom. The number of aryl methyl sites for hydroxylation is 3. The fourth-order valence-corrected chi connectivity index (χ4v) is 3.05. The van der Waals surface area contributed by atoms with Crippen LogP contribution in [0.25, 0.3) is 0 Å². The molecule has 2 rings (SSSR count). The molecule has 1 aromatic heterocycles. The molecule has 2 aromatic rings. The highest BCUT2D eigenvalue weighted by Gasteiger charge is 2.15. The third-order valence-electron chi connectivity index (χ3n) is 3.80. The molecule has 0 saturated heterocycles. The van der Waals surface area contributed by atoms with Crippen molar-refractivity contribution in [2.24, 2.45) is 0 Å².